The number of methoxy groups -OCH3 is 1. The molecule has 2 rings (SSSR count). The molecule has 1 fully saturated rings. The summed E-state index contributed by atoms with van der Waals surface area (Å²) < 4.78 is 21.6. The van der Waals surface area contributed by atoms with E-state index in [1.807, 2.05) is 0 Å². The Morgan fingerprint density at radius 3 is 2.75 bits per heavy atom. The summed E-state index contributed by atoms with van der Waals surface area (Å²) in [6.45, 7) is 1.20. The van der Waals surface area contributed by atoms with Crippen LogP contribution < -0.4 is 9.64 Å². The molecule has 1 aliphatic heterocycles. The largest absolute Gasteiger partial charge is 0.497 e. The van der Waals surface area contributed by atoms with Crippen LogP contribution in [0.5, 0.6) is 5.75 Å². The minimum Gasteiger partial charge on any atom is -0.497 e. The molecule has 0 saturated carbocycles. The number of hydrogen-bond acceptors (Lipinski definition) is 4. The number of ether oxygens (including phenoxy) is 2. The average Bonchev–Trinajstić information content (AvgIpc) is 2.42. The molecule has 0 unspecified atom stereocenters. The van der Waals surface area contributed by atoms with E-state index in [1.54, 1.807) is 18.2 Å². The fourth-order valence-corrected chi connectivity index (χ4v) is 2.33. The van der Waals surface area contributed by atoms with Gasteiger partial charge < -0.3 is 14.4 Å². The number of halogens is 2. The summed E-state index contributed by atoms with van der Waals surface area (Å²) in [6, 6.07) is 4.97. The number of rotatable bonds is 4. The van der Waals surface area contributed by atoms with Gasteiger partial charge in [-0.05, 0) is 28.1 Å². The van der Waals surface area contributed by atoms with Crippen LogP contribution >= 0.6 is 15.9 Å². The van der Waals surface area contributed by atoms with Gasteiger partial charge in [0.1, 0.15) is 12.4 Å². The number of hydrogen-bond donors (Lipinski definition) is 0. The fraction of sp³-hybridized carbons (Fsp3) is 0.385. The van der Waals surface area contributed by atoms with Crippen LogP contribution in [0, 0.1) is 0 Å². The second-order valence-electron chi connectivity index (χ2n) is 4.37. The first-order chi connectivity index (χ1) is 9.35. The molecule has 1 aromatic rings. The van der Waals surface area contributed by atoms with Crippen molar-refractivity contribution in [1.82, 2.24) is 0 Å². The average molecular weight is 346 g/mol. The highest BCUT2D eigenvalue weighted by atomic mass is 79.9. The van der Waals surface area contributed by atoms with Crippen LogP contribution in [0.25, 0.3) is 0 Å². The predicted molar refractivity (Wildman–Crippen MR) is 73.6 cm³/mol. The van der Waals surface area contributed by atoms with Crippen molar-refractivity contribution in [2.75, 3.05) is 18.6 Å². The van der Waals surface area contributed by atoms with Gasteiger partial charge in [-0.15, -0.1) is 0 Å². The Bertz CT molecular complexity index is 561. The van der Waals surface area contributed by atoms with Gasteiger partial charge in [0.2, 0.25) is 0 Å². The maximum Gasteiger partial charge on any atom is 0.302 e. The quantitative estimate of drug-likeness (QED) is 0.476. The Morgan fingerprint density at radius 2 is 2.25 bits per heavy atom. The van der Waals surface area contributed by atoms with Crippen LogP contribution in [-0.4, -0.2) is 30.1 Å². The number of alkyl halides is 2. The molecule has 1 heterocycles. The van der Waals surface area contributed by atoms with Crippen LogP contribution in [0.1, 0.15) is 12.5 Å². The fourth-order valence-electron chi connectivity index (χ4n) is 1.86. The summed E-state index contributed by atoms with van der Waals surface area (Å²) >= 11 is 2.72. The summed E-state index contributed by atoms with van der Waals surface area (Å²) in [5.41, 5.74) is 1.08. The summed E-state index contributed by atoms with van der Waals surface area (Å²) in [4.78, 5) is 23.9. The van der Waals surface area contributed by atoms with E-state index in [0.717, 1.165) is 0 Å². The smallest absolute Gasteiger partial charge is 0.302 e. The molecule has 0 aliphatic carbocycles. The van der Waals surface area contributed by atoms with Crippen molar-refractivity contribution in [3.05, 3.63) is 23.8 Å². The van der Waals surface area contributed by atoms with E-state index < -0.39 is 16.5 Å². The van der Waals surface area contributed by atoms with Crippen LogP contribution in [-0.2, 0) is 20.9 Å². The highest BCUT2D eigenvalue weighted by molar-refractivity contribution is 9.10. The number of amides is 1. The van der Waals surface area contributed by atoms with Gasteiger partial charge in [0, 0.05) is 18.6 Å². The third kappa shape index (κ3) is 2.77. The molecule has 5 nitrogen and oxygen atoms in total. The topological polar surface area (TPSA) is 55.8 Å². The minimum absolute atomic E-state index is 0.0139. The third-order valence-corrected chi connectivity index (χ3v) is 3.52. The lowest BCUT2D eigenvalue weighted by molar-refractivity contribution is -0.142. The Hall–Kier alpha value is -1.63. The molecule has 7 heteroatoms. The SMILES string of the molecule is COc1ccc(COC(C)=O)c(N2C[C@@](F)(Br)C2=O)c1. The highest BCUT2D eigenvalue weighted by Crippen LogP contribution is 2.39. The summed E-state index contributed by atoms with van der Waals surface area (Å²) in [5.74, 6) is -0.581. The van der Waals surface area contributed by atoms with E-state index in [-0.39, 0.29) is 13.2 Å². The number of benzene rings is 1. The Balaban J connectivity index is 2.29. The van der Waals surface area contributed by atoms with Crippen molar-refractivity contribution >= 4 is 33.5 Å². The third-order valence-electron chi connectivity index (χ3n) is 2.93. The van der Waals surface area contributed by atoms with Gasteiger partial charge in [-0.2, -0.15) is 0 Å². The maximum atomic E-state index is 13.6. The molecule has 1 saturated heterocycles. The van der Waals surface area contributed by atoms with E-state index in [0.29, 0.717) is 17.0 Å². The second-order valence-corrected chi connectivity index (χ2v) is 5.63. The number of anilines is 1. The van der Waals surface area contributed by atoms with E-state index >= 15 is 0 Å². The molecular weight excluding hydrogens is 333 g/mol. The van der Waals surface area contributed by atoms with E-state index in [9.17, 15) is 14.0 Å². The van der Waals surface area contributed by atoms with Gasteiger partial charge in [-0.1, -0.05) is 0 Å². The lowest BCUT2D eigenvalue weighted by atomic mass is 10.1. The van der Waals surface area contributed by atoms with Crippen LogP contribution in [0.15, 0.2) is 18.2 Å². The molecule has 20 heavy (non-hydrogen) atoms. The summed E-state index contributed by atoms with van der Waals surface area (Å²) in [7, 11) is 1.49. The molecule has 1 aliphatic rings. The minimum atomic E-state index is -2.02. The van der Waals surface area contributed by atoms with Crippen LogP contribution in [0.3, 0.4) is 0 Å². The first-order valence-corrected chi connectivity index (χ1v) is 6.64. The standard InChI is InChI=1S/C13H13BrFNO4/c1-8(17)20-6-9-3-4-10(19-2)5-11(9)16-7-13(14,15)12(16)18/h3-5H,6-7H2,1-2H3/t13-/m0/s1. The monoisotopic (exact) mass is 345 g/mol. The van der Waals surface area contributed by atoms with Crippen molar-refractivity contribution in [1.29, 1.82) is 0 Å². The number of esters is 1. The summed E-state index contributed by atoms with van der Waals surface area (Å²) in [5, 5.41) is 0. The first kappa shape index (κ1) is 14.8. The lowest BCUT2D eigenvalue weighted by Gasteiger charge is -2.40. The zero-order valence-electron chi connectivity index (χ0n) is 11.0. The van der Waals surface area contributed by atoms with Crippen molar-refractivity contribution in [3.8, 4) is 5.75 Å². The van der Waals surface area contributed by atoms with Gasteiger partial charge in [0.05, 0.1) is 19.3 Å². The number of nitrogens with zero attached hydrogens (tertiary/aromatic N) is 1. The molecule has 0 aromatic heterocycles. The Morgan fingerprint density at radius 1 is 1.55 bits per heavy atom. The molecule has 108 valence electrons. The van der Waals surface area contributed by atoms with E-state index in [1.165, 1.54) is 18.9 Å². The normalized spacial score (nSPS) is 21.4. The molecule has 1 aromatic carbocycles. The van der Waals surface area contributed by atoms with E-state index in [2.05, 4.69) is 15.9 Å². The highest BCUT2D eigenvalue weighted by Gasteiger charge is 2.52. The molecule has 0 bridgehead atoms. The molecule has 0 spiro atoms. The van der Waals surface area contributed by atoms with E-state index in [4.69, 9.17) is 9.47 Å². The Kier molecular flexibility index (Phi) is 3.99. The van der Waals surface area contributed by atoms with Gasteiger partial charge in [0.15, 0.2) is 0 Å². The number of carbonyl (C=O) groups is 2. The van der Waals surface area contributed by atoms with Crippen molar-refractivity contribution in [2.45, 2.75) is 18.1 Å². The molecular formula is C13H13BrFNO4. The van der Waals surface area contributed by atoms with Crippen molar-refractivity contribution in [2.24, 2.45) is 0 Å². The molecule has 0 radical (unpaired) electrons. The predicted octanol–water partition coefficient (Wildman–Crippen LogP) is 2.17. The van der Waals surface area contributed by atoms with Gasteiger partial charge in [0.25, 0.3) is 10.5 Å². The molecule has 0 N–H and O–H groups in total. The molecule has 1 atom stereocenters. The van der Waals surface area contributed by atoms with Crippen molar-refractivity contribution in [3.63, 3.8) is 0 Å². The van der Waals surface area contributed by atoms with Gasteiger partial charge >= 0.3 is 5.97 Å². The first-order valence-electron chi connectivity index (χ1n) is 5.85. The second kappa shape index (κ2) is 5.40. The zero-order chi connectivity index (χ0) is 14.9. The van der Waals surface area contributed by atoms with Crippen LogP contribution in [0.2, 0.25) is 0 Å². The van der Waals surface area contributed by atoms with Gasteiger partial charge in [-0.3, -0.25) is 9.59 Å². The molecule has 1 amide bonds. The zero-order valence-corrected chi connectivity index (χ0v) is 12.6. The summed E-state index contributed by atoms with van der Waals surface area (Å²) in [6.07, 6.45) is 0. The van der Waals surface area contributed by atoms with Gasteiger partial charge in [-0.25, -0.2) is 4.39 Å². The Labute approximate surface area is 123 Å². The maximum absolute atomic E-state index is 13.6. The number of β-lactam (4-membered cyclic amide) rings is 1. The lowest BCUT2D eigenvalue weighted by Crippen LogP contribution is -2.61. The van der Waals surface area contributed by atoms with Crippen molar-refractivity contribution < 1.29 is 23.5 Å². The number of carbonyl (C=O) groups excluding carboxylic acids is 2. The van der Waals surface area contributed by atoms with Crippen LogP contribution in [0.4, 0.5) is 10.1 Å².